The Morgan fingerprint density at radius 2 is 1.70 bits per heavy atom. The van der Waals surface area contributed by atoms with Crippen LogP contribution in [0.1, 0.15) is 24.8 Å². The quantitative estimate of drug-likeness (QED) is 0.383. The Bertz CT molecular complexity index is 493. The Hall–Kier alpha value is -2.19. The molecule has 0 bridgehead atoms. The average molecular weight is 324 g/mol. The van der Waals surface area contributed by atoms with Gasteiger partial charge < -0.3 is 21.1 Å². The van der Waals surface area contributed by atoms with Crippen molar-refractivity contribution in [2.24, 2.45) is 11.5 Å². The van der Waals surface area contributed by atoms with Gasteiger partial charge in [0.05, 0.1) is 4.92 Å². The molecule has 1 aromatic rings. The zero-order valence-corrected chi connectivity index (χ0v) is 13.1. The van der Waals surface area contributed by atoms with E-state index in [1.54, 1.807) is 17.0 Å². The number of nitro groups is 1. The second kappa shape index (κ2) is 10.5. The van der Waals surface area contributed by atoms with Crippen LogP contribution in [0.25, 0.3) is 0 Å². The van der Waals surface area contributed by atoms with Crippen molar-refractivity contribution in [2.45, 2.75) is 25.9 Å². The topological polar surface area (TPSA) is 125 Å². The Kier molecular flexibility index (Phi) is 8.63. The normalized spacial score (nSPS) is 10.3. The van der Waals surface area contributed by atoms with Crippen LogP contribution in [-0.2, 0) is 11.3 Å². The Morgan fingerprint density at radius 3 is 2.26 bits per heavy atom. The summed E-state index contributed by atoms with van der Waals surface area (Å²) in [5.41, 5.74) is 11.6. The van der Waals surface area contributed by atoms with E-state index in [-0.39, 0.29) is 12.3 Å². The molecule has 0 aliphatic heterocycles. The number of benzene rings is 1. The third-order valence-corrected chi connectivity index (χ3v) is 3.28. The number of carbonyl (C=O) groups excluding carboxylic acids is 1. The fourth-order valence-corrected chi connectivity index (χ4v) is 1.97. The van der Waals surface area contributed by atoms with Gasteiger partial charge in [-0.2, -0.15) is 0 Å². The van der Waals surface area contributed by atoms with Crippen molar-refractivity contribution in [2.75, 3.05) is 26.2 Å². The van der Waals surface area contributed by atoms with E-state index in [1.807, 2.05) is 0 Å². The van der Waals surface area contributed by atoms with E-state index in [0.717, 1.165) is 12.8 Å². The Labute approximate surface area is 135 Å². The van der Waals surface area contributed by atoms with Crippen molar-refractivity contribution in [1.82, 2.24) is 4.90 Å². The first-order valence-electron chi connectivity index (χ1n) is 7.63. The lowest BCUT2D eigenvalue weighted by molar-refractivity contribution is -0.384. The van der Waals surface area contributed by atoms with Gasteiger partial charge in [0, 0.05) is 25.2 Å². The van der Waals surface area contributed by atoms with E-state index in [4.69, 9.17) is 16.2 Å². The van der Waals surface area contributed by atoms with E-state index in [9.17, 15) is 14.9 Å². The van der Waals surface area contributed by atoms with Crippen LogP contribution in [0.15, 0.2) is 24.3 Å². The van der Waals surface area contributed by atoms with Gasteiger partial charge in [-0.15, -0.1) is 0 Å². The van der Waals surface area contributed by atoms with Gasteiger partial charge in [-0.05, 0) is 50.0 Å². The number of hydrogen-bond donors (Lipinski definition) is 2. The van der Waals surface area contributed by atoms with Crippen molar-refractivity contribution in [3.63, 3.8) is 0 Å². The fraction of sp³-hybridized carbons (Fsp3) is 0.533. The third-order valence-electron chi connectivity index (χ3n) is 3.28. The van der Waals surface area contributed by atoms with Crippen molar-refractivity contribution < 1.29 is 14.5 Å². The standard InChI is InChI=1S/C15H24N4O4/c16-8-1-2-10-18(11-3-9-17)15(20)23-12-13-4-6-14(7-5-13)19(21)22/h4-7H,1-3,8-12,16-17H2. The second-order valence-electron chi connectivity index (χ2n) is 5.10. The maximum Gasteiger partial charge on any atom is 0.410 e. The monoisotopic (exact) mass is 324 g/mol. The number of nitro benzene ring substituents is 1. The minimum atomic E-state index is -0.470. The molecule has 0 heterocycles. The molecule has 1 amide bonds. The lowest BCUT2D eigenvalue weighted by atomic mass is 10.2. The van der Waals surface area contributed by atoms with E-state index >= 15 is 0 Å². The predicted molar refractivity (Wildman–Crippen MR) is 86.8 cm³/mol. The molecule has 1 aromatic carbocycles. The second-order valence-corrected chi connectivity index (χ2v) is 5.10. The molecule has 0 aliphatic rings. The van der Waals surface area contributed by atoms with Crippen molar-refractivity contribution in [3.05, 3.63) is 39.9 Å². The summed E-state index contributed by atoms with van der Waals surface area (Å²) in [6, 6.07) is 5.92. The molecule has 128 valence electrons. The first kappa shape index (κ1) is 18.9. The molecule has 0 spiro atoms. The van der Waals surface area contributed by atoms with Crippen molar-refractivity contribution in [3.8, 4) is 0 Å². The molecule has 4 N–H and O–H groups in total. The summed E-state index contributed by atoms with van der Waals surface area (Å²) < 4.78 is 5.26. The molecular weight excluding hydrogens is 300 g/mol. The summed E-state index contributed by atoms with van der Waals surface area (Å²) in [5, 5.41) is 10.6. The van der Waals surface area contributed by atoms with Crippen LogP contribution in [0, 0.1) is 10.1 Å². The molecular formula is C15H24N4O4. The maximum absolute atomic E-state index is 12.1. The van der Waals surface area contributed by atoms with Crippen LogP contribution >= 0.6 is 0 Å². The van der Waals surface area contributed by atoms with Crippen LogP contribution in [0.4, 0.5) is 10.5 Å². The number of non-ortho nitro benzene ring substituents is 1. The summed E-state index contributed by atoms with van der Waals surface area (Å²) in [5.74, 6) is 0. The SMILES string of the molecule is NCCCCN(CCCN)C(=O)OCc1ccc([N+](=O)[O-])cc1. The summed E-state index contributed by atoms with van der Waals surface area (Å²) >= 11 is 0. The molecule has 0 radical (unpaired) electrons. The van der Waals surface area contributed by atoms with Gasteiger partial charge in [0.2, 0.25) is 0 Å². The first-order valence-corrected chi connectivity index (χ1v) is 7.63. The van der Waals surface area contributed by atoms with Gasteiger partial charge in [-0.1, -0.05) is 0 Å². The zero-order valence-electron chi connectivity index (χ0n) is 13.1. The molecule has 1 rings (SSSR count). The van der Waals surface area contributed by atoms with Crippen LogP contribution in [-0.4, -0.2) is 42.1 Å². The first-order chi connectivity index (χ1) is 11.1. The summed E-state index contributed by atoms with van der Waals surface area (Å²) in [6.45, 7) is 2.29. The molecule has 0 fully saturated rings. The highest BCUT2D eigenvalue weighted by molar-refractivity contribution is 5.67. The minimum absolute atomic E-state index is 0.00596. The number of amides is 1. The van der Waals surface area contributed by atoms with Gasteiger partial charge >= 0.3 is 6.09 Å². The minimum Gasteiger partial charge on any atom is -0.445 e. The van der Waals surface area contributed by atoms with Crippen LogP contribution < -0.4 is 11.5 Å². The summed E-state index contributed by atoms with van der Waals surface area (Å²) in [6.07, 6.45) is 1.95. The number of carbonyl (C=O) groups is 1. The highest BCUT2D eigenvalue weighted by atomic mass is 16.6. The zero-order chi connectivity index (χ0) is 17.1. The number of rotatable bonds is 10. The van der Waals surface area contributed by atoms with Gasteiger partial charge in [-0.25, -0.2) is 4.79 Å². The van der Waals surface area contributed by atoms with Crippen LogP contribution in [0.2, 0.25) is 0 Å². The molecule has 0 unspecified atom stereocenters. The third kappa shape index (κ3) is 7.07. The molecule has 0 aromatic heterocycles. The number of ether oxygens (including phenoxy) is 1. The summed E-state index contributed by atoms with van der Waals surface area (Å²) in [4.78, 5) is 23.9. The lowest BCUT2D eigenvalue weighted by Crippen LogP contribution is -2.34. The lowest BCUT2D eigenvalue weighted by Gasteiger charge is -2.21. The number of nitrogens with zero attached hydrogens (tertiary/aromatic N) is 2. The molecule has 0 saturated heterocycles. The summed E-state index contributed by atoms with van der Waals surface area (Å²) in [7, 11) is 0. The Balaban J connectivity index is 2.50. The Morgan fingerprint density at radius 1 is 1.09 bits per heavy atom. The largest absolute Gasteiger partial charge is 0.445 e. The average Bonchev–Trinajstić information content (AvgIpc) is 2.56. The van der Waals surface area contributed by atoms with Gasteiger partial charge in [0.25, 0.3) is 5.69 Å². The van der Waals surface area contributed by atoms with E-state index in [2.05, 4.69) is 0 Å². The number of unbranched alkanes of at least 4 members (excludes halogenated alkanes) is 1. The van der Waals surface area contributed by atoms with E-state index in [0.29, 0.717) is 38.2 Å². The fourth-order valence-electron chi connectivity index (χ4n) is 1.97. The molecule has 0 aliphatic carbocycles. The van der Waals surface area contributed by atoms with Crippen LogP contribution in [0.5, 0.6) is 0 Å². The molecule has 8 nitrogen and oxygen atoms in total. The van der Waals surface area contributed by atoms with Gasteiger partial charge in [-0.3, -0.25) is 10.1 Å². The van der Waals surface area contributed by atoms with E-state index in [1.165, 1.54) is 12.1 Å². The number of hydrogen-bond acceptors (Lipinski definition) is 6. The van der Waals surface area contributed by atoms with Crippen molar-refractivity contribution >= 4 is 11.8 Å². The highest BCUT2D eigenvalue weighted by Gasteiger charge is 2.14. The van der Waals surface area contributed by atoms with E-state index < -0.39 is 11.0 Å². The van der Waals surface area contributed by atoms with Crippen LogP contribution in [0.3, 0.4) is 0 Å². The smallest absolute Gasteiger partial charge is 0.410 e. The molecule has 8 heteroatoms. The molecule has 23 heavy (non-hydrogen) atoms. The highest BCUT2D eigenvalue weighted by Crippen LogP contribution is 2.13. The number of nitrogens with two attached hydrogens (primary N) is 2. The molecule has 0 atom stereocenters. The molecule has 0 saturated carbocycles. The maximum atomic E-state index is 12.1. The van der Waals surface area contributed by atoms with Crippen molar-refractivity contribution in [1.29, 1.82) is 0 Å². The van der Waals surface area contributed by atoms with Gasteiger partial charge in [0.15, 0.2) is 0 Å². The van der Waals surface area contributed by atoms with Gasteiger partial charge in [0.1, 0.15) is 6.61 Å². The predicted octanol–water partition coefficient (Wildman–Crippen LogP) is 1.62.